The number of aliphatic hydroxyl groups is 2. The lowest BCUT2D eigenvalue weighted by Crippen LogP contribution is -2.39. The summed E-state index contributed by atoms with van der Waals surface area (Å²) in [5.74, 6) is -0.356. The number of carbonyl (C=O) groups is 2. The molecule has 176 valence electrons. The number of aromatic nitrogens is 1. The molecule has 4 rings (SSSR count). The minimum Gasteiger partial charge on any atom is -0.481 e. The quantitative estimate of drug-likeness (QED) is 0.392. The molecule has 2 amide bonds. The molecule has 1 atom stereocenters. The smallest absolute Gasteiger partial charge is 0.253 e. The summed E-state index contributed by atoms with van der Waals surface area (Å²) in [6, 6.07) is 13.9. The van der Waals surface area contributed by atoms with E-state index in [0.717, 1.165) is 16.5 Å². The van der Waals surface area contributed by atoms with E-state index < -0.39 is 24.3 Å². The number of methoxy groups -OCH3 is 1. The van der Waals surface area contributed by atoms with Crippen molar-refractivity contribution in [2.24, 2.45) is 10.7 Å². The standard InChI is InChI=1S/C24H25N5O5/c1-34-21-7-3-14-2-5-17(11-19(14)28-21)29(8-9-30)22(32)12-20(31)24(33)27-16-4-6-18-15(10-16)13-26-23(18)25/h2-7,10-11,20,30-31H,8-9,12-13H2,1H3,(H2,25,26)(H,27,33). The van der Waals surface area contributed by atoms with Gasteiger partial charge in [0.15, 0.2) is 0 Å². The van der Waals surface area contributed by atoms with Crippen LogP contribution in [0.2, 0.25) is 0 Å². The second kappa shape index (κ2) is 9.86. The zero-order chi connectivity index (χ0) is 24.2. The zero-order valence-corrected chi connectivity index (χ0v) is 18.6. The van der Waals surface area contributed by atoms with Crippen molar-refractivity contribution in [3.63, 3.8) is 0 Å². The summed E-state index contributed by atoms with van der Waals surface area (Å²) in [5.41, 5.74) is 9.05. The number of rotatable bonds is 8. The number of amidine groups is 1. The molecule has 1 aromatic heterocycles. The maximum atomic E-state index is 13.0. The number of aliphatic imine (C=N–C) groups is 1. The first-order valence-electron chi connectivity index (χ1n) is 10.7. The van der Waals surface area contributed by atoms with Crippen molar-refractivity contribution in [2.75, 3.05) is 30.5 Å². The number of benzene rings is 2. The molecule has 0 radical (unpaired) electrons. The highest BCUT2D eigenvalue weighted by molar-refractivity contribution is 6.03. The van der Waals surface area contributed by atoms with Crippen LogP contribution in [-0.2, 0) is 16.1 Å². The van der Waals surface area contributed by atoms with Crippen LogP contribution in [0, 0.1) is 0 Å². The number of ether oxygens (including phenoxy) is 1. The average molecular weight is 463 g/mol. The first-order chi connectivity index (χ1) is 16.4. The molecule has 10 heteroatoms. The highest BCUT2D eigenvalue weighted by atomic mass is 16.5. The number of carbonyl (C=O) groups excluding carboxylic acids is 2. The predicted molar refractivity (Wildman–Crippen MR) is 128 cm³/mol. The summed E-state index contributed by atoms with van der Waals surface area (Å²) in [6.45, 7) is 0.126. The molecular weight excluding hydrogens is 438 g/mol. The summed E-state index contributed by atoms with van der Waals surface area (Å²) < 4.78 is 5.15. The molecule has 3 aromatic rings. The van der Waals surface area contributed by atoms with E-state index in [9.17, 15) is 19.8 Å². The minimum atomic E-state index is -1.58. The van der Waals surface area contributed by atoms with Gasteiger partial charge in [0, 0.05) is 34.9 Å². The fraction of sp³-hybridized carbons (Fsp3) is 0.250. The number of anilines is 2. The first kappa shape index (κ1) is 23.1. The Balaban J connectivity index is 1.46. The van der Waals surface area contributed by atoms with Gasteiger partial charge in [-0.05, 0) is 42.0 Å². The Morgan fingerprint density at radius 3 is 2.76 bits per heavy atom. The lowest BCUT2D eigenvalue weighted by atomic mass is 10.1. The Kier molecular flexibility index (Phi) is 6.71. The van der Waals surface area contributed by atoms with Crippen molar-refractivity contribution in [1.82, 2.24) is 4.98 Å². The molecule has 2 heterocycles. The van der Waals surface area contributed by atoms with E-state index in [1.165, 1.54) is 12.0 Å². The molecule has 34 heavy (non-hydrogen) atoms. The Labute approximate surface area is 195 Å². The van der Waals surface area contributed by atoms with Crippen LogP contribution < -0.4 is 20.7 Å². The fourth-order valence-electron chi connectivity index (χ4n) is 3.77. The third-order valence-electron chi connectivity index (χ3n) is 5.53. The number of nitrogens with zero attached hydrogens (tertiary/aromatic N) is 3. The Hall–Kier alpha value is -4.02. The van der Waals surface area contributed by atoms with Gasteiger partial charge in [-0.15, -0.1) is 0 Å². The summed E-state index contributed by atoms with van der Waals surface area (Å²) in [7, 11) is 1.51. The van der Waals surface area contributed by atoms with Crippen LogP contribution in [0.1, 0.15) is 17.5 Å². The minimum absolute atomic E-state index is 0.00507. The summed E-state index contributed by atoms with van der Waals surface area (Å²) in [5, 5.41) is 23.3. The summed E-state index contributed by atoms with van der Waals surface area (Å²) in [4.78, 5) is 35.3. The molecule has 0 saturated carbocycles. The van der Waals surface area contributed by atoms with E-state index in [4.69, 9.17) is 10.5 Å². The number of nitrogens with one attached hydrogen (secondary N) is 1. The topological polar surface area (TPSA) is 150 Å². The molecule has 10 nitrogen and oxygen atoms in total. The number of pyridine rings is 1. The normalized spacial score (nSPS) is 13.2. The molecule has 2 aromatic carbocycles. The van der Waals surface area contributed by atoms with Crippen LogP contribution in [0.4, 0.5) is 11.4 Å². The second-order valence-electron chi connectivity index (χ2n) is 7.78. The van der Waals surface area contributed by atoms with E-state index in [2.05, 4.69) is 15.3 Å². The van der Waals surface area contributed by atoms with Crippen molar-refractivity contribution in [2.45, 2.75) is 19.1 Å². The van der Waals surface area contributed by atoms with Gasteiger partial charge in [-0.3, -0.25) is 14.6 Å². The Bertz CT molecular complexity index is 1280. The van der Waals surface area contributed by atoms with E-state index in [0.29, 0.717) is 35.2 Å². The van der Waals surface area contributed by atoms with Gasteiger partial charge in [-0.2, -0.15) is 0 Å². The molecule has 0 saturated heterocycles. The molecule has 0 fully saturated rings. The third-order valence-corrected chi connectivity index (χ3v) is 5.53. The summed E-state index contributed by atoms with van der Waals surface area (Å²) >= 11 is 0. The number of amides is 2. The molecule has 0 bridgehead atoms. The van der Waals surface area contributed by atoms with Crippen LogP contribution in [0.25, 0.3) is 10.9 Å². The zero-order valence-electron chi connectivity index (χ0n) is 18.6. The van der Waals surface area contributed by atoms with E-state index >= 15 is 0 Å². The van der Waals surface area contributed by atoms with Gasteiger partial charge < -0.3 is 30.9 Å². The monoisotopic (exact) mass is 463 g/mol. The van der Waals surface area contributed by atoms with E-state index in [1.54, 1.807) is 42.5 Å². The van der Waals surface area contributed by atoms with Gasteiger partial charge in [-0.1, -0.05) is 6.07 Å². The van der Waals surface area contributed by atoms with Gasteiger partial charge in [0.1, 0.15) is 11.9 Å². The van der Waals surface area contributed by atoms with Crippen LogP contribution in [0.3, 0.4) is 0 Å². The summed E-state index contributed by atoms with van der Waals surface area (Å²) in [6.07, 6.45) is -2.04. The molecule has 5 N–H and O–H groups in total. The predicted octanol–water partition coefficient (Wildman–Crippen LogP) is 1.18. The Morgan fingerprint density at radius 2 is 2.00 bits per heavy atom. The van der Waals surface area contributed by atoms with Gasteiger partial charge in [0.05, 0.1) is 32.2 Å². The molecule has 1 unspecified atom stereocenters. The fourth-order valence-corrected chi connectivity index (χ4v) is 3.77. The highest BCUT2D eigenvalue weighted by Gasteiger charge is 2.24. The first-order valence-corrected chi connectivity index (χ1v) is 10.7. The molecule has 0 spiro atoms. The van der Waals surface area contributed by atoms with E-state index in [1.807, 2.05) is 6.07 Å². The maximum Gasteiger partial charge on any atom is 0.253 e. The van der Waals surface area contributed by atoms with Crippen molar-refractivity contribution < 1.29 is 24.5 Å². The number of nitrogens with two attached hydrogens (primary N) is 1. The third kappa shape index (κ3) is 4.82. The van der Waals surface area contributed by atoms with Crippen LogP contribution >= 0.6 is 0 Å². The number of aliphatic hydroxyl groups excluding tert-OH is 2. The molecule has 0 aliphatic carbocycles. The Morgan fingerprint density at radius 1 is 1.21 bits per heavy atom. The molecule has 1 aliphatic rings. The number of fused-ring (bicyclic) bond motifs is 2. The number of hydrogen-bond acceptors (Lipinski definition) is 8. The molecule has 1 aliphatic heterocycles. The van der Waals surface area contributed by atoms with Crippen LogP contribution in [0.15, 0.2) is 53.5 Å². The van der Waals surface area contributed by atoms with Gasteiger partial charge in [0.2, 0.25) is 11.8 Å². The SMILES string of the molecule is COc1ccc2ccc(N(CCO)C(=O)CC(O)C(=O)Nc3ccc4c(c3)CN=C4N)cc2n1. The van der Waals surface area contributed by atoms with Crippen molar-refractivity contribution in [3.8, 4) is 5.88 Å². The van der Waals surface area contributed by atoms with Gasteiger partial charge in [0.25, 0.3) is 5.91 Å². The van der Waals surface area contributed by atoms with Crippen molar-refractivity contribution in [3.05, 3.63) is 59.7 Å². The van der Waals surface area contributed by atoms with Gasteiger partial charge in [-0.25, -0.2) is 4.98 Å². The maximum absolute atomic E-state index is 13.0. The number of hydrogen-bond donors (Lipinski definition) is 4. The van der Waals surface area contributed by atoms with Crippen molar-refractivity contribution in [1.29, 1.82) is 0 Å². The van der Waals surface area contributed by atoms with Crippen LogP contribution in [0.5, 0.6) is 5.88 Å². The highest BCUT2D eigenvalue weighted by Crippen LogP contribution is 2.24. The lowest BCUT2D eigenvalue weighted by molar-refractivity contribution is -0.129. The van der Waals surface area contributed by atoms with E-state index in [-0.39, 0.29) is 13.2 Å². The largest absolute Gasteiger partial charge is 0.481 e. The molecular formula is C24H25N5O5. The average Bonchev–Trinajstić information content (AvgIpc) is 3.21. The van der Waals surface area contributed by atoms with Crippen molar-refractivity contribution >= 4 is 39.9 Å². The lowest BCUT2D eigenvalue weighted by Gasteiger charge is -2.23. The van der Waals surface area contributed by atoms with Gasteiger partial charge >= 0.3 is 0 Å². The second-order valence-corrected chi connectivity index (χ2v) is 7.78. The van der Waals surface area contributed by atoms with Crippen LogP contribution in [-0.4, -0.2) is 59.2 Å².